The number of nitrogens with one attached hydrogen (secondary N) is 1. The number of aliphatic hydroxyl groups is 1. The summed E-state index contributed by atoms with van der Waals surface area (Å²) < 4.78 is 23.5. The molecule has 0 radical (unpaired) electrons. The van der Waals surface area contributed by atoms with E-state index < -0.39 is 20.0 Å². The molecular weight excluding hydrogens is 623 g/mol. The number of nitrogens with zero attached hydrogens (tertiary/aromatic N) is 1. The van der Waals surface area contributed by atoms with E-state index in [-0.39, 0.29) is 19.1 Å². The van der Waals surface area contributed by atoms with E-state index in [0.29, 0.717) is 23.9 Å². The second-order valence-corrected chi connectivity index (χ2v) is 16.1. The van der Waals surface area contributed by atoms with E-state index in [9.17, 15) is 19.4 Å². The monoisotopic (exact) mass is 702 g/mol. The van der Waals surface area contributed by atoms with Crippen LogP contribution < -0.4 is 5.32 Å². The number of phosphoric ester groups is 1. The number of likely N-dealkylation sites (N-methyl/N-ethyl adjacent to an activating group) is 1. The van der Waals surface area contributed by atoms with Crippen LogP contribution in [-0.2, 0) is 18.4 Å². The number of unbranched alkanes of at least 4 members (excludes halogenated alkanes) is 18. The zero-order valence-electron chi connectivity index (χ0n) is 32.0. The largest absolute Gasteiger partial charge is 0.472 e. The van der Waals surface area contributed by atoms with E-state index in [1.165, 1.54) is 83.5 Å². The molecule has 0 aliphatic rings. The van der Waals surface area contributed by atoms with Crippen molar-refractivity contribution in [3.05, 3.63) is 24.3 Å². The molecule has 1 amide bonds. The van der Waals surface area contributed by atoms with Crippen molar-refractivity contribution in [3.8, 4) is 0 Å². The van der Waals surface area contributed by atoms with Crippen LogP contribution in [0.5, 0.6) is 0 Å². The lowest BCUT2D eigenvalue weighted by Gasteiger charge is -2.26. The third kappa shape index (κ3) is 33.5. The van der Waals surface area contributed by atoms with Crippen molar-refractivity contribution >= 4 is 13.7 Å². The van der Waals surface area contributed by atoms with Gasteiger partial charge in [0.05, 0.1) is 39.9 Å². The summed E-state index contributed by atoms with van der Waals surface area (Å²) in [5.41, 5.74) is 0. The fourth-order valence-electron chi connectivity index (χ4n) is 5.44. The minimum absolute atomic E-state index is 0.0681. The first-order chi connectivity index (χ1) is 23.0. The Morgan fingerprint density at radius 1 is 0.688 bits per heavy atom. The van der Waals surface area contributed by atoms with Crippen molar-refractivity contribution in [1.82, 2.24) is 5.32 Å². The van der Waals surface area contributed by atoms with Crippen LogP contribution in [0.1, 0.15) is 168 Å². The van der Waals surface area contributed by atoms with Gasteiger partial charge in [0.25, 0.3) is 0 Å². The second-order valence-electron chi connectivity index (χ2n) is 14.6. The van der Waals surface area contributed by atoms with Crippen LogP contribution in [-0.4, -0.2) is 73.4 Å². The number of allylic oxidation sites excluding steroid dienone is 4. The van der Waals surface area contributed by atoms with Crippen LogP contribution in [0.25, 0.3) is 0 Å². The lowest BCUT2D eigenvalue weighted by Crippen LogP contribution is -2.46. The van der Waals surface area contributed by atoms with Gasteiger partial charge < -0.3 is 19.8 Å². The van der Waals surface area contributed by atoms with Crippen molar-refractivity contribution in [2.45, 2.75) is 180 Å². The highest BCUT2D eigenvalue weighted by atomic mass is 31.2. The van der Waals surface area contributed by atoms with Gasteiger partial charge in [-0.05, 0) is 64.2 Å². The standard InChI is InChI=1S/C39H77N2O6P/c1-6-8-10-12-14-16-18-20-21-23-25-27-29-31-33-39(43)40-37(36-47-48(44,45)46-35-34-41(3,4)5)38(42)32-30-28-26-24-22-19-17-15-13-11-9-7-2/h18,20,22,24,37-38,42H,6-17,19,21,23,25-36H2,1-5H3,(H-,40,43,44,45)/p+1/b20-18+,24-22+/t37-,38+/m0/s1. The van der Waals surface area contributed by atoms with Gasteiger partial charge in [-0.25, -0.2) is 4.57 Å². The van der Waals surface area contributed by atoms with Gasteiger partial charge in [0.15, 0.2) is 0 Å². The van der Waals surface area contributed by atoms with E-state index >= 15 is 0 Å². The molecule has 3 atom stereocenters. The topological polar surface area (TPSA) is 105 Å². The normalized spacial score (nSPS) is 14.9. The minimum Gasteiger partial charge on any atom is -0.391 e. The van der Waals surface area contributed by atoms with E-state index in [0.717, 1.165) is 57.8 Å². The molecule has 1 unspecified atom stereocenters. The van der Waals surface area contributed by atoms with Crippen molar-refractivity contribution in [1.29, 1.82) is 0 Å². The number of amides is 1. The number of quaternary nitrogens is 1. The first kappa shape index (κ1) is 47.0. The lowest BCUT2D eigenvalue weighted by molar-refractivity contribution is -0.870. The third-order valence-electron chi connectivity index (χ3n) is 8.67. The quantitative estimate of drug-likeness (QED) is 0.0263. The Hall–Kier alpha value is -1.02. The maximum Gasteiger partial charge on any atom is 0.472 e. The van der Waals surface area contributed by atoms with Crippen LogP contribution in [0.2, 0.25) is 0 Å². The molecule has 48 heavy (non-hydrogen) atoms. The molecule has 0 rings (SSSR count). The number of aliphatic hydroxyl groups excluding tert-OH is 1. The molecular formula is C39H78N2O6P+. The number of hydrogen-bond donors (Lipinski definition) is 3. The lowest BCUT2D eigenvalue weighted by atomic mass is 10.0. The molecule has 9 heteroatoms. The zero-order chi connectivity index (χ0) is 35.8. The van der Waals surface area contributed by atoms with Gasteiger partial charge in [0.1, 0.15) is 13.2 Å². The van der Waals surface area contributed by atoms with Gasteiger partial charge in [-0.3, -0.25) is 13.8 Å². The number of carbonyl (C=O) groups excluding carboxylic acids is 1. The average molecular weight is 702 g/mol. The fraction of sp³-hybridized carbons (Fsp3) is 0.872. The van der Waals surface area contributed by atoms with E-state index in [2.05, 4.69) is 43.5 Å². The van der Waals surface area contributed by atoms with Crippen LogP contribution in [0.15, 0.2) is 24.3 Å². The Morgan fingerprint density at radius 2 is 1.12 bits per heavy atom. The number of rotatable bonds is 35. The van der Waals surface area contributed by atoms with Crippen molar-refractivity contribution in [2.75, 3.05) is 40.9 Å². The maximum atomic E-state index is 12.8. The summed E-state index contributed by atoms with van der Waals surface area (Å²) in [6.07, 6.45) is 34.8. The van der Waals surface area contributed by atoms with Crippen LogP contribution in [0, 0.1) is 0 Å². The average Bonchev–Trinajstić information content (AvgIpc) is 3.02. The molecule has 0 heterocycles. The van der Waals surface area contributed by atoms with Crippen LogP contribution in [0.4, 0.5) is 0 Å². The molecule has 0 aromatic rings. The first-order valence-corrected chi connectivity index (χ1v) is 21.2. The molecule has 0 saturated carbocycles. The van der Waals surface area contributed by atoms with Gasteiger partial charge in [-0.2, -0.15) is 0 Å². The summed E-state index contributed by atoms with van der Waals surface area (Å²) in [6.45, 7) is 4.82. The van der Waals surface area contributed by atoms with Crippen LogP contribution in [0.3, 0.4) is 0 Å². The molecule has 0 aromatic heterocycles. The van der Waals surface area contributed by atoms with Crippen LogP contribution >= 0.6 is 7.82 Å². The summed E-state index contributed by atoms with van der Waals surface area (Å²) in [5.74, 6) is -0.166. The Labute approximate surface area is 296 Å². The molecule has 0 fully saturated rings. The third-order valence-corrected chi connectivity index (χ3v) is 9.66. The SMILES string of the molecule is CCCCCCC/C=C/CCCCCCCC(=O)N[C@@H](COP(=O)(O)OCC[N+](C)(C)C)[C@H](O)CCCC/C=C/CCCCCCCC. The zero-order valence-corrected chi connectivity index (χ0v) is 32.9. The Kier molecular flexibility index (Phi) is 31.2. The smallest absolute Gasteiger partial charge is 0.391 e. The highest BCUT2D eigenvalue weighted by molar-refractivity contribution is 7.47. The van der Waals surface area contributed by atoms with E-state index in [4.69, 9.17) is 9.05 Å². The van der Waals surface area contributed by atoms with E-state index in [1.54, 1.807) is 0 Å². The highest BCUT2D eigenvalue weighted by Gasteiger charge is 2.28. The summed E-state index contributed by atoms with van der Waals surface area (Å²) in [7, 11) is 1.59. The van der Waals surface area contributed by atoms with Crippen molar-refractivity contribution in [2.24, 2.45) is 0 Å². The molecule has 0 saturated heterocycles. The van der Waals surface area contributed by atoms with Crippen molar-refractivity contribution in [3.63, 3.8) is 0 Å². The predicted octanol–water partition coefficient (Wildman–Crippen LogP) is 10.2. The molecule has 0 bridgehead atoms. The fourth-order valence-corrected chi connectivity index (χ4v) is 6.18. The molecule has 284 valence electrons. The Morgan fingerprint density at radius 3 is 1.60 bits per heavy atom. The molecule has 0 aliphatic heterocycles. The number of phosphoric acid groups is 1. The summed E-state index contributed by atoms with van der Waals surface area (Å²) in [5, 5.41) is 13.8. The number of hydrogen-bond acceptors (Lipinski definition) is 5. The highest BCUT2D eigenvalue weighted by Crippen LogP contribution is 2.43. The van der Waals surface area contributed by atoms with Gasteiger partial charge in [0, 0.05) is 6.42 Å². The summed E-state index contributed by atoms with van der Waals surface area (Å²) >= 11 is 0. The first-order valence-electron chi connectivity index (χ1n) is 19.7. The molecule has 3 N–H and O–H groups in total. The number of carbonyl (C=O) groups is 1. The van der Waals surface area contributed by atoms with Gasteiger partial charge >= 0.3 is 7.82 Å². The van der Waals surface area contributed by atoms with Gasteiger partial charge in [-0.1, -0.05) is 122 Å². The minimum atomic E-state index is -4.31. The second kappa shape index (κ2) is 31.9. The molecule has 0 spiro atoms. The maximum absolute atomic E-state index is 12.8. The molecule has 0 aliphatic carbocycles. The van der Waals surface area contributed by atoms with Gasteiger partial charge in [0.2, 0.25) is 5.91 Å². The van der Waals surface area contributed by atoms with Gasteiger partial charge in [-0.15, -0.1) is 0 Å². The molecule has 0 aromatic carbocycles. The van der Waals surface area contributed by atoms with E-state index in [1.807, 2.05) is 21.1 Å². The van der Waals surface area contributed by atoms with Crippen molar-refractivity contribution < 1.29 is 32.9 Å². The molecule has 8 nitrogen and oxygen atoms in total. The summed E-state index contributed by atoms with van der Waals surface area (Å²) in [6, 6.07) is -0.776. The predicted molar refractivity (Wildman–Crippen MR) is 203 cm³/mol. The Balaban J connectivity index is 4.51. The Bertz CT molecular complexity index is 845. The summed E-state index contributed by atoms with van der Waals surface area (Å²) in [4.78, 5) is 23.0.